The number of hydrogen-bond acceptors (Lipinski definition) is 6. The van der Waals surface area contributed by atoms with Gasteiger partial charge in [-0.15, -0.1) is 11.3 Å². The first-order chi connectivity index (χ1) is 16.9. The zero-order chi connectivity index (χ0) is 24.9. The zero-order valence-corrected chi connectivity index (χ0v) is 20.6. The molecule has 0 aliphatic heterocycles. The molecule has 0 aliphatic carbocycles. The molecule has 4 rings (SSSR count). The summed E-state index contributed by atoms with van der Waals surface area (Å²) in [6.07, 6.45) is 0. The second-order valence-electron chi connectivity index (χ2n) is 8.04. The number of methoxy groups -OCH3 is 1. The maximum atomic E-state index is 13.4. The standard InChI is InChI=1S/C26H27N3O5S/c1-4-34-21-7-5-6-18(14-21)15-29-25(31)24-22(12-13-35-24)28(26(29)32)16-23(30)27-17(2)19-8-10-20(33-3)11-9-19/h5-14,17H,4,15-16H2,1-3H3,(H,27,30)/t17-/m0/s1. The molecule has 0 bridgehead atoms. The van der Waals surface area contributed by atoms with Crippen LogP contribution in [0.4, 0.5) is 0 Å². The number of nitrogens with one attached hydrogen (secondary N) is 1. The minimum Gasteiger partial charge on any atom is -0.497 e. The van der Waals surface area contributed by atoms with Crippen molar-refractivity contribution in [1.29, 1.82) is 0 Å². The average molecular weight is 494 g/mol. The zero-order valence-electron chi connectivity index (χ0n) is 19.8. The van der Waals surface area contributed by atoms with E-state index in [1.54, 1.807) is 18.6 Å². The van der Waals surface area contributed by atoms with Crippen molar-refractivity contribution in [2.24, 2.45) is 0 Å². The SMILES string of the molecule is CCOc1cccc(Cn2c(=O)c3sccc3n(CC(=O)N[C@@H](C)c3ccc(OC)cc3)c2=O)c1. The fourth-order valence-corrected chi connectivity index (χ4v) is 4.76. The van der Waals surface area contributed by atoms with Crippen LogP contribution in [0.15, 0.2) is 69.6 Å². The summed E-state index contributed by atoms with van der Waals surface area (Å²) in [5.41, 5.74) is 1.22. The Labute approximate surface area is 206 Å². The quantitative estimate of drug-likeness (QED) is 0.385. The van der Waals surface area contributed by atoms with E-state index in [0.717, 1.165) is 16.9 Å². The van der Waals surface area contributed by atoms with Crippen molar-refractivity contribution in [2.75, 3.05) is 13.7 Å². The van der Waals surface area contributed by atoms with Crippen molar-refractivity contribution in [3.05, 3.63) is 91.9 Å². The second-order valence-corrected chi connectivity index (χ2v) is 8.95. The fourth-order valence-electron chi connectivity index (χ4n) is 3.92. The highest BCUT2D eigenvalue weighted by Gasteiger charge is 2.18. The lowest BCUT2D eigenvalue weighted by atomic mass is 10.1. The van der Waals surface area contributed by atoms with Crippen LogP contribution in [0.2, 0.25) is 0 Å². The van der Waals surface area contributed by atoms with Crippen molar-refractivity contribution >= 4 is 27.5 Å². The molecule has 2 heterocycles. The first-order valence-corrected chi connectivity index (χ1v) is 12.1. The van der Waals surface area contributed by atoms with Crippen LogP contribution < -0.4 is 26.0 Å². The highest BCUT2D eigenvalue weighted by molar-refractivity contribution is 7.17. The van der Waals surface area contributed by atoms with Crippen molar-refractivity contribution in [2.45, 2.75) is 33.0 Å². The summed E-state index contributed by atoms with van der Waals surface area (Å²) in [7, 11) is 1.60. The van der Waals surface area contributed by atoms with Crippen LogP contribution in [0.1, 0.15) is 31.0 Å². The van der Waals surface area contributed by atoms with E-state index in [1.165, 1.54) is 20.5 Å². The van der Waals surface area contributed by atoms with Gasteiger partial charge in [0.2, 0.25) is 5.91 Å². The summed E-state index contributed by atoms with van der Waals surface area (Å²) in [5, 5.41) is 4.68. The van der Waals surface area contributed by atoms with E-state index >= 15 is 0 Å². The Kier molecular flexibility index (Phi) is 7.36. The van der Waals surface area contributed by atoms with Gasteiger partial charge >= 0.3 is 5.69 Å². The number of fused-ring (bicyclic) bond motifs is 1. The first kappa shape index (κ1) is 24.3. The molecule has 0 radical (unpaired) electrons. The summed E-state index contributed by atoms with van der Waals surface area (Å²) in [6, 6.07) is 16.1. The topological polar surface area (TPSA) is 91.6 Å². The summed E-state index contributed by atoms with van der Waals surface area (Å²) >= 11 is 1.25. The van der Waals surface area contributed by atoms with Gasteiger partial charge < -0.3 is 14.8 Å². The van der Waals surface area contributed by atoms with Gasteiger partial charge in [0.1, 0.15) is 22.7 Å². The van der Waals surface area contributed by atoms with Crippen LogP contribution in [0.5, 0.6) is 11.5 Å². The molecule has 1 amide bonds. The van der Waals surface area contributed by atoms with Gasteiger partial charge in [-0.3, -0.25) is 18.7 Å². The molecule has 182 valence electrons. The van der Waals surface area contributed by atoms with Gasteiger partial charge in [0, 0.05) is 0 Å². The van der Waals surface area contributed by atoms with Crippen molar-refractivity contribution in [3.8, 4) is 11.5 Å². The molecule has 0 saturated carbocycles. The van der Waals surface area contributed by atoms with E-state index in [2.05, 4.69) is 5.32 Å². The van der Waals surface area contributed by atoms with Gasteiger partial charge in [-0.25, -0.2) is 4.79 Å². The number of thiophene rings is 1. The number of benzene rings is 2. The van der Waals surface area contributed by atoms with E-state index in [9.17, 15) is 14.4 Å². The van der Waals surface area contributed by atoms with E-state index in [0.29, 0.717) is 22.6 Å². The van der Waals surface area contributed by atoms with Crippen LogP contribution in [-0.4, -0.2) is 28.8 Å². The third kappa shape index (κ3) is 5.30. The molecule has 1 N–H and O–H groups in total. The Bertz CT molecular complexity index is 1450. The number of aromatic nitrogens is 2. The van der Waals surface area contributed by atoms with Gasteiger partial charge in [-0.1, -0.05) is 24.3 Å². The molecule has 9 heteroatoms. The Morgan fingerprint density at radius 2 is 1.83 bits per heavy atom. The van der Waals surface area contributed by atoms with Crippen LogP contribution in [0.3, 0.4) is 0 Å². The van der Waals surface area contributed by atoms with Gasteiger partial charge in [0.25, 0.3) is 5.56 Å². The largest absolute Gasteiger partial charge is 0.497 e. The lowest BCUT2D eigenvalue weighted by Gasteiger charge is -2.17. The van der Waals surface area contributed by atoms with Gasteiger partial charge in [0.05, 0.1) is 31.8 Å². The normalized spacial score (nSPS) is 11.9. The number of nitrogens with zero attached hydrogens (tertiary/aromatic N) is 2. The molecule has 0 unspecified atom stereocenters. The number of ether oxygens (including phenoxy) is 2. The van der Waals surface area contributed by atoms with E-state index in [-0.39, 0.29) is 30.6 Å². The average Bonchev–Trinajstić information content (AvgIpc) is 3.35. The fraction of sp³-hybridized carbons (Fsp3) is 0.269. The number of rotatable bonds is 9. The van der Waals surface area contributed by atoms with Crippen molar-refractivity contribution in [3.63, 3.8) is 0 Å². The van der Waals surface area contributed by atoms with Crippen LogP contribution in [0, 0.1) is 0 Å². The molecule has 35 heavy (non-hydrogen) atoms. The Morgan fingerprint density at radius 3 is 2.54 bits per heavy atom. The molecular formula is C26H27N3O5S. The molecule has 0 fully saturated rings. The highest BCUT2D eigenvalue weighted by atomic mass is 32.1. The molecule has 0 spiro atoms. The summed E-state index contributed by atoms with van der Waals surface area (Å²) < 4.78 is 13.7. The number of carbonyl (C=O) groups excluding carboxylic acids is 1. The minimum atomic E-state index is -0.532. The minimum absolute atomic E-state index is 0.0797. The highest BCUT2D eigenvalue weighted by Crippen LogP contribution is 2.19. The summed E-state index contributed by atoms with van der Waals surface area (Å²) in [5.74, 6) is 1.07. The van der Waals surface area contributed by atoms with Gasteiger partial charge in [0.15, 0.2) is 0 Å². The Balaban J connectivity index is 1.61. The lowest BCUT2D eigenvalue weighted by molar-refractivity contribution is -0.122. The molecule has 1 atom stereocenters. The Hall–Kier alpha value is -3.85. The lowest BCUT2D eigenvalue weighted by Crippen LogP contribution is -2.42. The maximum Gasteiger partial charge on any atom is 0.332 e. The molecule has 8 nitrogen and oxygen atoms in total. The van der Waals surface area contributed by atoms with Crippen LogP contribution in [0.25, 0.3) is 10.2 Å². The number of hydrogen-bond donors (Lipinski definition) is 1. The third-order valence-corrected chi connectivity index (χ3v) is 6.57. The monoisotopic (exact) mass is 493 g/mol. The first-order valence-electron chi connectivity index (χ1n) is 11.3. The molecule has 2 aromatic carbocycles. The van der Waals surface area contributed by atoms with Crippen molar-refractivity contribution < 1.29 is 14.3 Å². The van der Waals surface area contributed by atoms with Gasteiger partial charge in [-0.2, -0.15) is 0 Å². The molecular weight excluding hydrogens is 466 g/mol. The molecule has 4 aromatic rings. The molecule has 0 saturated heterocycles. The Morgan fingerprint density at radius 1 is 1.06 bits per heavy atom. The van der Waals surface area contributed by atoms with E-state index < -0.39 is 5.69 Å². The van der Waals surface area contributed by atoms with Gasteiger partial charge in [-0.05, 0) is 60.7 Å². The summed E-state index contributed by atoms with van der Waals surface area (Å²) in [4.78, 5) is 39.4. The van der Waals surface area contributed by atoms with E-state index in [1.807, 2.05) is 62.4 Å². The number of amides is 1. The predicted octanol–water partition coefficient (Wildman–Crippen LogP) is 3.56. The predicted molar refractivity (Wildman–Crippen MR) is 137 cm³/mol. The van der Waals surface area contributed by atoms with Crippen LogP contribution in [-0.2, 0) is 17.9 Å². The maximum absolute atomic E-state index is 13.4. The van der Waals surface area contributed by atoms with E-state index in [4.69, 9.17) is 9.47 Å². The number of carbonyl (C=O) groups is 1. The smallest absolute Gasteiger partial charge is 0.332 e. The second kappa shape index (κ2) is 10.6. The molecule has 2 aromatic heterocycles. The van der Waals surface area contributed by atoms with Crippen LogP contribution >= 0.6 is 11.3 Å². The summed E-state index contributed by atoms with van der Waals surface area (Å²) in [6.45, 7) is 4.15. The van der Waals surface area contributed by atoms with Crippen molar-refractivity contribution in [1.82, 2.24) is 14.5 Å². The third-order valence-electron chi connectivity index (χ3n) is 5.68. The molecule has 0 aliphatic rings.